The Morgan fingerprint density at radius 2 is 1.83 bits per heavy atom. The van der Waals surface area contributed by atoms with Crippen molar-refractivity contribution in [3.05, 3.63) is 59.7 Å². The minimum absolute atomic E-state index is 0.0347. The van der Waals surface area contributed by atoms with Crippen molar-refractivity contribution >= 4 is 5.69 Å². The van der Waals surface area contributed by atoms with Crippen molar-refractivity contribution < 1.29 is 26.7 Å². The van der Waals surface area contributed by atoms with Gasteiger partial charge in [-0.1, -0.05) is 30.3 Å². The van der Waals surface area contributed by atoms with Crippen LogP contribution in [-0.2, 0) is 6.54 Å². The molecule has 0 saturated carbocycles. The van der Waals surface area contributed by atoms with Gasteiger partial charge in [0.05, 0.1) is 6.17 Å². The maximum Gasteiger partial charge on any atom is 0.422 e. The lowest BCUT2D eigenvalue weighted by Gasteiger charge is -2.35. The third-order valence-corrected chi connectivity index (χ3v) is 4.89. The second kappa shape index (κ2) is 10.1. The van der Waals surface area contributed by atoms with Crippen LogP contribution < -0.4 is 20.7 Å². The molecule has 1 fully saturated rings. The maximum atomic E-state index is 13.5. The van der Waals surface area contributed by atoms with Crippen LogP contribution in [0.5, 0.6) is 5.75 Å². The Morgan fingerprint density at radius 3 is 2.53 bits per heavy atom. The first-order valence-corrected chi connectivity index (χ1v) is 9.71. The summed E-state index contributed by atoms with van der Waals surface area (Å²) in [5.41, 5.74) is 0.616. The van der Waals surface area contributed by atoms with Gasteiger partial charge in [-0.15, -0.1) is 0 Å². The molecule has 1 aliphatic rings. The summed E-state index contributed by atoms with van der Waals surface area (Å²) in [6, 6.07) is 13.2. The van der Waals surface area contributed by atoms with Crippen LogP contribution in [0.2, 0.25) is 0 Å². The van der Waals surface area contributed by atoms with E-state index in [9.17, 15) is 22.0 Å². The first kappa shape index (κ1) is 22.3. The number of para-hydroxylation sites is 1. The molecule has 2 aromatic rings. The summed E-state index contributed by atoms with van der Waals surface area (Å²) in [5, 5.41) is 9.93. The molecule has 9 heteroatoms. The van der Waals surface area contributed by atoms with E-state index < -0.39 is 19.2 Å². The van der Waals surface area contributed by atoms with Gasteiger partial charge < -0.3 is 15.4 Å². The zero-order valence-electron chi connectivity index (χ0n) is 16.2. The van der Waals surface area contributed by atoms with Crippen LogP contribution in [-0.4, -0.2) is 31.5 Å². The molecule has 30 heavy (non-hydrogen) atoms. The number of benzene rings is 2. The molecule has 1 heterocycles. The molecular formula is C21H24F5N3O. The first-order valence-electron chi connectivity index (χ1n) is 9.71. The minimum atomic E-state index is -4.55. The van der Waals surface area contributed by atoms with Crippen LogP contribution in [0.1, 0.15) is 30.4 Å². The van der Waals surface area contributed by atoms with Crippen LogP contribution in [0, 0.1) is 0 Å². The minimum Gasteiger partial charge on any atom is -0.484 e. The lowest BCUT2D eigenvalue weighted by atomic mass is 10.0. The van der Waals surface area contributed by atoms with E-state index in [1.165, 1.54) is 18.2 Å². The van der Waals surface area contributed by atoms with Crippen molar-refractivity contribution in [1.29, 1.82) is 0 Å². The molecule has 1 saturated heterocycles. The number of anilines is 1. The van der Waals surface area contributed by atoms with Gasteiger partial charge in [0.25, 0.3) is 6.43 Å². The highest BCUT2D eigenvalue weighted by molar-refractivity contribution is 5.44. The van der Waals surface area contributed by atoms with Gasteiger partial charge in [0.1, 0.15) is 5.75 Å². The van der Waals surface area contributed by atoms with Crippen molar-refractivity contribution in [2.75, 3.05) is 18.5 Å². The zero-order valence-corrected chi connectivity index (χ0v) is 16.2. The number of hydrogen-bond acceptors (Lipinski definition) is 4. The van der Waals surface area contributed by atoms with Crippen molar-refractivity contribution in [3.63, 3.8) is 0 Å². The van der Waals surface area contributed by atoms with E-state index in [0.29, 0.717) is 0 Å². The molecule has 0 radical (unpaired) electrons. The molecule has 0 aliphatic carbocycles. The Balaban J connectivity index is 1.73. The fraction of sp³-hybridized carbons (Fsp3) is 0.429. The summed E-state index contributed by atoms with van der Waals surface area (Å²) in [6.45, 7) is -0.765. The van der Waals surface area contributed by atoms with Gasteiger partial charge in [0.2, 0.25) is 0 Å². The molecular weight excluding hydrogens is 405 g/mol. The van der Waals surface area contributed by atoms with Crippen LogP contribution in [0.3, 0.4) is 0 Å². The topological polar surface area (TPSA) is 45.3 Å². The molecule has 1 aliphatic heterocycles. The second-order valence-electron chi connectivity index (χ2n) is 7.10. The number of nitrogens with one attached hydrogen (secondary N) is 3. The number of rotatable bonds is 8. The third-order valence-electron chi connectivity index (χ3n) is 4.89. The standard InChI is InChI=1S/C21H24F5N3O/c22-19(23)15-8-4-10-18(30-13-21(24,25)26)16(15)12-28-17-9-5-11-27-20(17)29-14-6-2-1-3-7-14/h1-4,6-8,10,17,19-20,27-29H,5,9,11-13H2/t17-,20-/m0/s1. The van der Waals surface area contributed by atoms with Crippen molar-refractivity contribution in [2.45, 2.75) is 44.2 Å². The van der Waals surface area contributed by atoms with Gasteiger partial charge >= 0.3 is 6.18 Å². The van der Waals surface area contributed by atoms with E-state index in [1.807, 2.05) is 30.3 Å². The maximum absolute atomic E-state index is 13.5. The molecule has 0 spiro atoms. The monoisotopic (exact) mass is 429 g/mol. The van der Waals surface area contributed by atoms with Crippen LogP contribution in [0.25, 0.3) is 0 Å². The second-order valence-corrected chi connectivity index (χ2v) is 7.10. The molecule has 2 aromatic carbocycles. The average molecular weight is 429 g/mol. The average Bonchev–Trinajstić information content (AvgIpc) is 2.72. The predicted molar refractivity (Wildman–Crippen MR) is 105 cm³/mol. The first-order chi connectivity index (χ1) is 14.3. The fourth-order valence-electron chi connectivity index (χ4n) is 3.48. The Morgan fingerprint density at radius 1 is 1.07 bits per heavy atom. The molecule has 0 aromatic heterocycles. The highest BCUT2D eigenvalue weighted by Gasteiger charge is 2.30. The Kier molecular flexibility index (Phi) is 7.49. The number of alkyl halides is 5. The summed E-state index contributed by atoms with van der Waals surface area (Å²) >= 11 is 0. The lowest BCUT2D eigenvalue weighted by Crippen LogP contribution is -2.55. The van der Waals surface area contributed by atoms with E-state index in [-0.39, 0.29) is 35.6 Å². The van der Waals surface area contributed by atoms with Gasteiger partial charge in [-0.2, -0.15) is 13.2 Å². The molecule has 3 N–H and O–H groups in total. The quantitative estimate of drug-likeness (QED) is 0.526. The molecule has 4 nitrogen and oxygen atoms in total. The molecule has 2 atom stereocenters. The summed E-state index contributed by atoms with van der Waals surface area (Å²) in [7, 11) is 0. The summed E-state index contributed by atoms with van der Waals surface area (Å²) in [4.78, 5) is 0. The van der Waals surface area contributed by atoms with E-state index in [1.54, 1.807) is 0 Å². The highest BCUT2D eigenvalue weighted by Crippen LogP contribution is 2.31. The Bertz CT molecular complexity index is 801. The number of ether oxygens (including phenoxy) is 1. The van der Waals surface area contributed by atoms with Gasteiger partial charge in [0.15, 0.2) is 6.61 Å². The van der Waals surface area contributed by atoms with Gasteiger partial charge in [0, 0.05) is 29.4 Å². The van der Waals surface area contributed by atoms with Gasteiger partial charge in [-0.05, 0) is 37.6 Å². The molecule has 0 bridgehead atoms. The Labute approximate surface area is 171 Å². The smallest absolute Gasteiger partial charge is 0.422 e. The van der Waals surface area contributed by atoms with E-state index >= 15 is 0 Å². The van der Waals surface area contributed by atoms with Crippen molar-refractivity contribution in [2.24, 2.45) is 0 Å². The van der Waals surface area contributed by atoms with Crippen molar-refractivity contribution in [1.82, 2.24) is 10.6 Å². The van der Waals surface area contributed by atoms with E-state index in [4.69, 9.17) is 4.74 Å². The van der Waals surface area contributed by atoms with Crippen molar-refractivity contribution in [3.8, 4) is 5.75 Å². The summed E-state index contributed by atoms with van der Waals surface area (Å²) in [6.07, 6.45) is -5.85. The normalized spacial score (nSPS) is 19.7. The molecule has 0 unspecified atom stereocenters. The lowest BCUT2D eigenvalue weighted by molar-refractivity contribution is -0.153. The third kappa shape index (κ3) is 6.30. The number of hydrogen-bond donors (Lipinski definition) is 3. The molecule has 164 valence electrons. The van der Waals surface area contributed by atoms with Crippen LogP contribution in [0.4, 0.5) is 27.6 Å². The SMILES string of the molecule is FC(F)c1cccc(OCC(F)(F)F)c1CN[C@H]1CCCN[C@H]1Nc1ccccc1. The van der Waals surface area contributed by atoms with E-state index in [2.05, 4.69) is 16.0 Å². The zero-order chi connectivity index (χ0) is 21.6. The number of piperidine rings is 1. The fourth-order valence-corrected chi connectivity index (χ4v) is 3.48. The largest absolute Gasteiger partial charge is 0.484 e. The molecule has 3 rings (SSSR count). The molecule has 0 amide bonds. The van der Waals surface area contributed by atoms with E-state index in [0.717, 1.165) is 25.1 Å². The Hall–Kier alpha value is -2.39. The highest BCUT2D eigenvalue weighted by atomic mass is 19.4. The van der Waals surface area contributed by atoms with Crippen LogP contribution >= 0.6 is 0 Å². The summed E-state index contributed by atoms with van der Waals surface area (Å²) in [5.74, 6) is -0.186. The predicted octanol–water partition coefficient (Wildman–Crippen LogP) is 4.85. The summed E-state index contributed by atoms with van der Waals surface area (Å²) < 4.78 is 69.5. The van der Waals surface area contributed by atoms with Gasteiger partial charge in [-0.25, -0.2) is 8.78 Å². The van der Waals surface area contributed by atoms with Crippen LogP contribution in [0.15, 0.2) is 48.5 Å². The van der Waals surface area contributed by atoms with Gasteiger partial charge in [-0.3, -0.25) is 5.32 Å². The number of halogens is 5.